The van der Waals surface area contributed by atoms with Gasteiger partial charge in [0.15, 0.2) is 0 Å². The smallest absolute Gasteiger partial charge is 0.290 e. The first kappa shape index (κ1) is 11.0. The number of H-pyrrole nitrogens is 1. The van der Waals surface area contributed by atoms with Crippen LogP contribution < -0.4 is 11.2 Å². The topological polar surface area (TPSA) is 78.7 Å². The summed E-state index contributed by atoms with van der Waals surface area (Å²) in [4.78, 5) is 23.3. The Labute approximate surface area is 80.4 Å². The average molecular weight is 219 g/mol. The molecule has 1 N–H and O–H groups in total. The lowest BCUT2D eigenvalue weighted by atomic mass is 10.4. The van der Waals surface area contributed by atoms with Gasteiger partial charge in [-0.25, -0.2) is 4.79 Å². The summed E-state index contributed by atoms with van der Waals surface area (Å²) in [6.45, 7) is -1.54. The number of hydrogen-bond acceptors (Lipinski definition) is 3. The number of nitrogens with zero attached hydrogens (tertiary/aromatic N) is 2. The number of hydrogen-bond donors (Lipinski definition) is 1. The van der Waals surface area contributed by atoms with Crippen LogP contribution >= 0.6 is 0 Å². The molecule has 0 fully saturated rings. The van der Waals surface area contributed by atoms with E-state index < -0.39 is 29.5 Å². The van der Waals surface area contributed by atoms with Crippen molar-refractivity contribution in [2.45, 2.75) is 12.7 Å². The zero-order valence-electron chi connectivity index (χ0n) is 7.13. The van der Waals surface area contributed by atoms with E-state index in [9.17, 15) is 22.8 Å². The van der Waals surface area contributed by atoms with Gasteiger partial charge in [-0.3, -0.25) is 14.3 Å². The number of halogens is 3. The Morgan fingerprint density at radius 2 is 2.07 bits per heavy atom. The fraction of sp³-hybridized carbons (Fsp3) is 0.286. The normalized spacial score (nSPS) is 11.1. The van der Waals surface area contributed by atoms with Gasteiger partial charge in [0.2, 0.25) is 0 Å². The van der Waals surface area contributed by atoms with E-state index in [2.05, 4.69) is 0 Å². The number of nitriles is 1. The van der Waals surface area contributed by atoms with Crippen molar-refractivity contribution < 1.29 is 13.2 Å². The highest BCUT2D eigenvalue weighted by atomic mass is 19.4. The van der Waals surface area contributed by atoms with Crippen molar-refractivity contribution in [2.75, 3.05) is 0 Å². The number of aromatic amines is 1. The predicted molar refractivity (Wildman–Crippen MR) is 42.1 cm³/mol. The van der Waals surface area contributed by atoms with Gasteiger partial charge in [-0.2, -0.15) is 18.4 Å². The Balaban J connectivity index is 3.28. The Hall–Kier alpha value is -2.04. The minimum absolute atomic E-state index is 0.222. The molecule has 1 heterocycles. The highest BCUT2D eigenvalue weighted by Gasteiger charge is 2.28. The molecule has 0 aliphatic carbocycles. The molecule has 0 aromatic carbocycles. The Kier molecular flexibility index (Phi) is 2.65. The number of nitrogens with one attached hydrogen (secondary N) is 1. The molecule has 5 nitrogen and oxygen atoms in total. The lowest BCUT2D eigenvalue weighted by Crippen LogP contribution is -2.34. The van der Waals surface area contributed by atoms with Crippen molar-refractivity contribution in [1.82, 2.24) is 9.55 Å². The van der Waals surface area contributed by atoms with Crippen LogP contribution in [0.4, 0.5) is 13.2 Å². The maximum absolute atomic E-state index is 11.9. The van der Waals surface area contributed by atoms with E-state index in [1.807, 2.05) is 0 Å². The minimum atomic E-state index is -4.59. The van der Waals surface area contributed by atoms with Gasteiger partial charge in [-0.05, 0) is 0 Å². The first-order valence-electron chi connectivity index (χ1n) is 3.64. The summed E-state index contributed by atoms with van der Waals surface area (Å²) in [5.41, 5.74) is -2.74. The molecule has 1 aromatic rings. The third kappa shape index (κ3) is 2.70. The zero-order valence-corrected chi connectivity index (χ0v) is 7.13. The molecule has 15 heavy (non-hydrogen) atoms. The van der Waals surface area contributed by atoms with Crippen molar-refractivity contribution >= 4 is 0 Å². The van der Waals surface area contributed by atoms with Crippen LogP contribution in [-0.2, 0) is 6.54 Å². The van der Waals surface area contributed by atoms with E-state index in [1.54, 1.807) is 4.98 Å². The molecule has 0 bridgehead atoms. The fourth-order valence-corrected chi connectivity index (χ4v) is 0.900. The Morgan fingerprint density at radius 3 is 2.53 bits per heavy atom. The Morgan fingerprint density at radius 1 is 1.47 bits per heavy atom. The maximum Gasteiger partial charge on any atom is 0.406 e. The van der Waals surface area contributed by atoms with Crippen LogP contribution in [0.2, 0.25) is 0 Å². The van der Waals surface area contributed by atoms with Gasteiger partial charge in [0.1, 0.15) is 18.2 Å². The number of rotatable bonds is 1. The third-order valence-corrected chi connectivity index (χ3v) is 1.48. The number of aromatic nitrogens is 2. The molecule has 8 heteroatoms. The molecule has 0 unspecified atom stereocenters. The summed E-state index contributed by atoms with van der Waals surface area (Å²) < 4.78 is 36.0. The summed E-state index contributed by atoms with van der Waals surface area (Å²) in [7, 11) is 0. The monoisotopic (exact) mass is 219 g/mol. The molecule has 0 atom stereocenters. The number of alkyl halides is 3. The second-order valence-electron chi connectivity index (χ2n) is 2.66. The summed E-state index contributed by atoms with van der Waals surface area (Å²) in [5, 5.41) is 8.37. The first-order chi connectivity index (χ1) is 6.83. The van der Waals surface area contributed by atoms with E-state index in [4.69, 9.17) is 5.26 Å². The van der Waals surface area contributed by atoms with Gasteiger partial charge in [0.05, 0.1) is 0 Å². The Bertz CT molecular complexity index is 520. The van der Waals surface area contributed by atoms with E-state index >= 15 is 0 Å². The van der Waals surface area contributed by atoms with Gasteiger partial charge < -0.3 is 0 Å². The maximum atomic E-state index is 11.9. The van der Waals surface area contributed by atoms with E-state index in [0.29, 0.717) is 6.20 Å². The molecule has 0 saturated carbocycles. The van der Waals surface area contributed by atoms with E-state index in [-0.39, 0.29) is 4.57 Å². The highest BCUT2D eigenvalue weighted by molar-refractivity contribution is 5.21. The minimum Gasteiger partial charge on any atom is -0.290 e. The zero-order chi connectivity index (χ0) is 11.6. The predicted octanol–water partition coefficient (Wildman–Crippen LogP) is -0.0294. The van der Waals surface area contributed by atoms with Crippen molar-refractivity contribution in [1.29, 1.82) is 5.26 Å². The molecule has 0 radical (unpaired) electrons. The molecular weight excluding hydrogens is 215 g/mol. The third-order valence-electron chi connectivity index (χ3n) is 1.48. The summed E-state index contributed by atoms with van der Waals surface area (Å²) in [5.74, 6) is 0. The van der Waals surface area contributed by atoms with Gasteiger partial charge in [-0.1, -0.05) is 0 Å². The molecule has 1 aromatic heterocycles. The van der Waals surface area contributed by atoms with Gasteiger partial charge in [0, 0.05) is 6.20 Å². The lowest BCUT2D eigenvalue weighted by Gasteiger charge is -2.07. The second-order valence-corrected chi connectivity index (χ2v) is 2.66. The molecule has 1 rings (SSSR count). The van der Waals surface area contributed by atoms with Crippen LogP contribution in [0.1, 0.15) is 5.56 Å². The van der Waals surface area contributed by atoms with Crippen LogP contribution in [0.5, 0.6) is 0 Å². The molecule has 0 aliphatic heterocycles. The molecule has 0 amide bonds. The fourth-order valence-electron chi connectivity index (χ4n) is 0.900. The standard InChI is InChI=1S/C7H4F3N3O2/c8-7(9,10)3-13-2-4(1-11)5(14)12-6(13)15/h2H,3H2,(H,12,14,15). The van der Waals surface area contributed by atoms with Gasteiger partial charge in [-0.15, -0.1) is 0 Å². The largest absolute Gasteiger partial charge is 0.406 e. The van der Waals surface area contributed by atoms with Crippen molar-refractivity contribution in [2.24, 2.45) is 0 Å². The summed E-state index contributed by atoms with van der Waals surface area (Å²) >= 11 is 0. The first-order valence-corrected chi connectivity index (χ1v) is 3.64. The second kappa shape index (κ2) is 3.61. The van der Waals surface area contributed by atoms with E-state index in [0.717, 1.165) is 0 Å². The summed E-state index contributed by atoms with van der Waals surface area (Å²) in [6, 6.07) is 1.38. The average Bonchev–Trinajstić information content (AvgIpc) is 2.07. The quantitative estimate of drug-likeness (QED) is 0.720. The molecule has 80 valence electrons. The van der Waals surface area contributed by atoms with Gasteiger partial charge >= 0.3 is 11.9 Å². The van der Waals surface area contributed by atoms with Crippen LogP contribution in [0.25, 0.3) is 0 Å². The lowest BCUT2D eigenvalue weighted by molar-refractivity contribution is -0.141. The van der Waals surface area contributed by atoms with Gasteiger partial charge in [0.25, 0.3) is 5.56 Å². The highest BCUT2D eigenvalue weighted by Crippen LogP contribution is 2.15. The van der Waals surface area contributed by atoms with Crippen LogP contribution in [0, 0.1) is 11.3 Å². The molecule has 0 saturated heterocycles. The van der Waals surface area contributed by atoms with Crippen molar-refractivity contribution in [3.8, 4) is 6.07 Å². The summed E-state index contributed by atoms with van der Waals surface area (Å²) in [6.07, 6.45) is -4.01. The molecular formula is C7H4F3N3O2. The van der Waals surface area contributed by atoms with Crippen LogP contribution in [-0.4, -0.2) is 15.7 Å². The van der Waals surface area contributed by atoms with Crippen molar-refractivity contribution in [3.63, 3.8) is 0 Å². The van der Waals surface area contributed by atoms with Crippen LogP contribution in [0.15, 0.2) is 15.8 Å². The van der Waals surface area contributed by atoms with E-state index in [1.165, 1.54) is 6.07 Å². The molecule has 0 spiro atoms. The van der Waals surface area contributed by atoms with Crippen LogP contribution in [0.3, 0.4) is 0 Å². The van der Waals surface area contributed by atoms with Crippen molar-refractivity contribution in [3.05, 3.63) is 32.6 Å². The SMILES string of the molecule is N#Cc1cn(CC(F)(F)F)c(=O)[nH]c1=O. The molecule has 0 aliphatic rings.